The lowest BCUT2D eigenvalue weighted by atomic mass is 9.85. The fourth-order valence-electron chi connectivity index (χ4n) is 3.13. The van der Waals surface area contributed by atoms with Crippen LogP contribution >= 0.6 is 0 Å². The number of carbonyl (C=O) groups excluding carboxylic acids is 1. The molecule has 1 N–H and O–H groups in total. The summed E-state index contributed by atoms with van der Waals surface area (Å²) in [6.07, 6.45) is 5.31. The maximum atomic E-state index is 12.5. The molecule has 2 aliphatic heterocycles. The van der Waals surface area contributed by atoms with Gasteiger partial charge < -0.3 is 14.7 Å². The fourth-order valence-corrected chi connectivity index (χ4v) is 3.13. The molecule has 1 aromatic heterocycles. The minimum Gasteiger partial charge on any atom is -0.337 e. The van der Waals surface area contributed by atoms with Crippen LogP contribution in [0.25, 0.3) is 0 Å². The summed E-state index contributed by atoms with van der Waals surface area (Å²) in [6.45, 7) is 7.06. The van der Waals surface area contributed by atoms with Gasteiger partial charge in [0.15, 0.2) is 0 Å². The summed E-state index contributed by atoms with van der Waals surface area (Å²) in [5.74, 6) is 0.658. The van der Waals surface area contributed by atoms with Crippen LogP contribution in [-0.2, 0) is 0 Å². The number of rotatable bonds is 2. The highest BCUT2D eigenvalue weighted by molar-refractivity contribution is 5.90. The van der Waals surface area contributed by atoms with Gasteiger partial charge in [0.05, 0.1) is 6.04 Å². The summed E-state index contributed by atoms with van der Waals surface area (Å²) in [4.78, 5) is 18.7. The number of nitrogens with one attached hydrogen (secondary N) is 1. The second-order valence-electron chi connectivity index (χ2n) is 6.92. The third kappa shape index (κ3) is 3.26. The van der Waals surface area contributed by atoms with Crippen molar-refractivity contribution in [1.29, 1.82) is 0 Å². The van der Waals surface area contributed by atoms with Crippen molar-refractivity contribution in [3.63, 3.8) is 0 Å². The van der Waals surface area contributed by atoms with E-state index in [9.17, 15) is 4.79 Å². The first-order valence-corrected chi connectivity index (χ1v) is 7.91. The lowest BCUT2D eigenvalue weighted by Crippen LogP contribution is -2.33. The molecule has 1 aromatic rings. The Hall–Kier alpha value is -1.43. The summed E-state index contributed by atoms with van der Waals surface area (Å²) in [6, 6.07) is 0.113. The van der Waals surface area contributed by atoms with Crippen molar-refractivity contribution in [2.45, 2.75) is 52.0 Å². The molecule has 0 radical (unpaired) electrons. The van der Waals surface area contributed by atoms with Crippen molar-refractivity contribution < 1.29 is 9.32 Å². The molecule has 3 heterocycles. The molecule has 0 saturated carbocycles. The standard InChI is InChI=1S/C15H24N4O2/c1-15(2)6-4-9-19(10-7-15)14(20)12-17-13(21-18-12)11-5-3-8-16-11/h11,16H,3-10H2,1-2H3. The van der Waals surface area contributed by atoms with E-state index in [1.54, 1.807) is 0 Å². The molecule has 1 amide bonds. The number of carbonyl (C=O) groups is 1. The third-order valence-electron chi connectivity index (χ3n) is 4.62. The van der Waals surface area contributed by atoms with E-state index >= 15 is 0 Å². The zero-order chi connectivity index (χ0) is 14.9. The van der Waals surface area contributed by atoms with E-state index in [2.05, 4.69) is 29.3 Å². The molecule has 2 fully saturated rings. The van der Waals surface area contributed by atoms with Crippen molar-refractivity contribution >= 4 is 5.91 Å². The van der Waals surface area contributed by atoms with Gasteiger partial charge in [-0.05, 0) is 44.1 Å². The highest BCUT2D eigenvalue weighted by Gasteiger charge is 2.29. The maximum Gasteiger partial charge on any atom is 0.295 e. The predicted molar refractivity (Wildman–Crippen MR) is 77.8 cm³/mol. The lowest BCUT2D eigenvalue weighted by molar-refractivity contribution is 0.0742. The Morgan fingerprint density at radius 1 is 1.33 bits per heavy atom. The minimum atomic E-state index is -0.0966. The van der Waals surface area contributed by atoms with Gasteiger partial charge in [-0.15, -0.1) is 0 Å². The van der Waals surface area contributed by atoms with Gasteiger partial charge in [-0.1, -0.05) is 19.0 Å². The van der Waals surface area contributed by atoms with Crippen LogP contribution in [0.4, 0.5) is 0 Å². The summed E-state index contributed by atoms with van der Waals surface area (Å²) in [7, 11) is 0. The third-order valence-corrected chi connectivity index (χ3v) is 4.62. The normalized spacial score (nSPS) is 25.8. The molecule has 21 heavy (non-hydrogen) atoms. The van der Waals surface area contributed by atoms with Crippen LogP contribution in [0.5, 0.6) is 0 Å². The number of likely N-dealkylation sites (tertiary alicyclic amines) is 1. The first-order chi connectivity index (χ1) is 10.1. The van der Waals surface area contributed by atoms with Gasteiger partial charge in [0.1, 0.15) is 0 Å². The van der Waals surface area contributed by atoms with Crippen molar-refractivity contribution in [1.82, 2.24) is 20.4 Å². The van der Waals surface area contributed by atoms with Crippen molar-refractivity contribution in [2.75, 3.05) is 19.6 Å². The van der Waals surface area contributed by atoms with Crippen LogP contribution in [0.15, 0.2) is 4.52 Å². The molecular weight excluding hydrogens is 268 g/mol. The Balaban J connectivity index is 1.67. The molecule has 0 aliphatic carbocycles. The number of aromatic nitrogens is 2. The lowest BCUT2D eigenvalue weighted by Gasteiger charge is -2.22. The van der Waals surface area contributed by atoms with E-state index in [4.69, 9.17) is 4.52 Å². The molecule has 116 valence electrons. The molecular formula is C15H24N4O2. The molecule has 2 aliphatic rings. The van der Waals surface area contributed by atoms with Gasteiger partial charge in [-0.2, -0.15) is 4.98 Å². The van der Waals surface area contributed by atoms with Gasteiger partial charge in [0.2, 0.25) is 5.89 Å². The van der Waals surface area contributed by atoms with E-state index in [1.165, 1.54) is 0 Å². The Labute approximate surface area is 125 Å². The number of hydrogen-bond donors (Lipinski definition) is 1. The van der Waals surface area contributed by atoms with Crippen LogP contribution in [-0.4, -0.2) is 40.6 Å². The van der Waals surface area contributed by atoms with Crippen LogP contribution in [0.1, 0.15) is 68.5 Å². The molecule has 1 unspecified atom stereocenters. The van der Waals surface area contributed by atoms with Gasteiger partial charge in [0, 0.05) is 13.1 Å². The minimum absolute atomic E-state index is 0.0966. The van der Waals surface area contributed by atoms with Crippen LogP contribution in [0.2, 0.25) is 0 Å². The van der Waals surface area contributed by atoms with Crippen molar-refractivity contribution in [3.8, 4) is 0 Å². The van der Waals surface area contributed by atoms with Crippen LogP contribution in [0, 0.1) is 5.41 Å². The average Bonchev–Trinajstić information content (AvgIpc) is 3.08. The second-order valence-corrected chi connectivity index (χ2v) is 6.92. The van der Waals surface area contributed by atoms with E-state index < -0.39 is 0 Å². The summed E-state index contributed by atoms with van der Waals surface area (Å²) in [5, 5.41) is 7.19. The molecule has 2 saturated heterocycles. The smallest absolute Gasteiger partial charge is 0.295 e. The Kier molecular flexibility index (Phi) is 3.97. The predicted octanol–water partition coefficient (Wildman–Crippen LogP) is 2.15. The second kappa shape index (κ2) is 5.75. The van der Waals surface area contributed by atoms with Crippen molar-refractivity contribution in [3.05, 3.63) is 11.7 Å². The largest absolute Gasteiger partial charge is 0.337 e. The Bertz CT molecular complexity index is 506. The molecule has 6 nitrogen and oxygen atoms in total. The maximum absolute atomic E-state index is 12.5. The van der Waals surface area contributed by atoms with Gasteiger partial charge in [-0.25, -0.2) is 0 Å². The van der Waals surface area contributed by atoms with E-state index in [-0.39, 0.29) is 17.8 Å². The Morgan fingerprint density at radius 3 is 2.95 bits per heavy atom. The zero-order valence-corrected chi connectivity index (χ0v) is 12.9. The Morgan fingerprint density at radius 2 is 2.19 bits per heavy atom. The van der Waals surface area contributed by atoms with Crippen LogP contribution < -0.4 is 5.32 Å². The highest BCUT2D eigenvalue weighted by Crippen LogP contribution is 2.30. The number of hydrogen-bond acceptors (Lipinski definition) is 5. The van der Waals surface area contributed by atoms with E-state index in [0.29, 0.717) is 11.3 Å². The summed E-state index contributed by atoms with van der Waals surface area (Å²) in [5.41, 5.74) is 0.311. The monoisotopic (exact) mass is 292 g/mol. The summed E-state index contributed by atoms with van der Waals surface area (Å²) < 4.78 is 5.26. The molecule has 0 bridgehead atoms. The van der Waals surface area contributed by atoms with E-state index in [0.717, 1.165) is 51.7 Å². The quantitative estimate of drug-likeness (QED) is 0.904. The molecule has 0 spiro atoms. The molecule has 1 atom stereocenters. The van der Waals surface area contributed by atoms with Gasteiger partial charge in [-0.3, -0.25) is 4.79 Å². The van der Waals surface area contributed by atoms with Crippen molar-refractivity contribution in [2.24, 2.45) is 5.41 Å². The van der Waals surface area contributed by atoms with Crippen LogP contribution in [0.3, 0.4) is 0 Å². The first-order valence-electron chi connectivity index (χ1n) is 7.91. The SMILES string of the molecule is CC1(C)CCCN(C(=O)c2noc(C3CCCN3)n2)CC1. The molecule has 3 rings (SSSR count). The number of nitrogens with zero attached hydrogens (tertiary/aromatic N) is 3. The molecule has 6 heteroatoms. The number of amides is 1. The first kappa shape index (κ1) is 14.5. The molecule has 0 aromatic carbocycles. The highest BCUT2D eigenvalue weighted by atomic mass is 16.5. The van der Waals surface area contributed by atoms with E-state index in [1.807, 2.05) is 4.90 Å². The average molecular weight is 292 g/mol. The van der Waals surface area contributed by atoms with Gasteiger partial charge >= 0.3 is 0 Å². The summed E-state index contributed by atoms with van der Waals surface area (Å²) >= 11 is 0. The fraction of sp³-hybridized carbons (Fsp3) is 0.800. The van der Waals surface area contributed by atoms with Gasteiger partial charge in [0.25, 0.3) is 11.7 Å². The topological polar surface area (TPSA) is 71.3 Å². The zero-order valence-electron chi connectivity index (χ0n) is 12.9.